The van der Waals surface area contributed by atoms with Gasteiger partial charge in [0.1, 0.15) is 11.4 Å². The minimum Gasteiger partial charge on any atom is -0.496 e. The van der Waals surface area contributed by atoms with E-state index in [9.17, 15) is 0 Å². The van der Waals surface area contributed by atoms with E-state index in [4.69, 9.17) is 21.3 Å². The predicted molar refractivity (Wildman–Crippen MR) is 105 cm³/mol. The lowest BCUT2D eigenvalue weighted by molar-refractivity contribution is 0.416. The number of methoxy groups -OCH3 is 1. The van der Waals surface area contributed by atoms with Crippen LogP contribution in [0.2, 0.25) is 5.02 Å². The third-order valence-electron chi connectivity index (χ3n) is 4.23. The molecule has 4 aromatic rings. The maximum absolute atomic E-state index is 6.19. The van der Waals surface area contributed by atoms with Crippen molar-refractivity contribution in [3.63, 3.8) is 0 Å². The third-order valence-corrected chi connectivity index (χ3v) is 4.47. The van der Waals surface area contributed by atoms with Crippen LogP contribution >= 0.6 is 11.6 Å². The average Bonchev–Trinajstić information content (AvgIpc) is 2.68. The molecule has 5 heteroatoms. The van der Waals surface area contributed by atoms with E-state index in [2.05, 4.69) is 9.97 Å². The van der Waals surface area contributed by atoms with Gasteiger partial charge in [0, 0.05) is 22.2 Å². The molecule has 0 aliphatic rings. The Kier molecular flexibility index (Phi) is 4.27. The van der Waals surface area contributed by atoms with E-state index in [-0.39, 0.29) is 0 Å². The van der Waals surface area contributed by atoms with Crippen molar-refractivity contribution >= 4 is 22.5 Å². The van der Waals surface area contributed by atoms with Gasteiger partial charge >= 0.3 is 0 Å². The van der Waals surface area contributed by atoms with Gasteiger partial charge < -0.3 is 4.74 Å². The van der Waals surface area contributed by atoms with Crippen LogP contribution in [0.5, 0.6) is 5.75 Å². The maximum atomic E-state index is 6.19. The molecular weight excluding hydrogens is 346 g/mol. The van der Waals surface area contributed by atoms with Crippen LogP contribution in [0.3, 0.4) is 0 Å². The van der Waals surface area contributed by atoms with Crippen molar-refractivity contribution < 1.29 is 4.74 Å². The van der Waals surface area contributed by atoms with E-state index in [1.807, 2.05) is 61.7 Å². The number of halogens is 1. The monoisotopic (exact) mass is 361 g/mol. The third kappa shape index (κ3) is 3.00. The fourth-order valence-electron chi connectivity index (χ4n) is 2.89. The second-order valence-corrected chi connectivity index (χ2v) is 6.40. The van der Waals surface area contributed by atoms with Gasteiger partial charge in [0.15, 0.2) is 5.82 Å². The van der Waals surface area contributed by atoms with Crippen molar-refractivity contribution in [2.24, 2.45) is 0 Å². The minimum absolute atomic E-state index is 0.589. The molecule has 4 nitrogen and oxygen atoms in total. The molecule has 0 aliphatic carbocycles. The largest absolute Gasteiger partial charge is 0.496 e. The van der Waals surface area contributed by atoms with Gasteiger partial charge in [-0.25, -0.2) is 15.0 Å². The summed E-state index contributed by atoms with van der Waals surface area (Å²) in [4.78, 5) is 13.9. The summed E-state index contributed by atoms with van der Waals surface area (Å²) in [5.74, 6) is 1.31. The molecule has 2 aromatic heterocycles. The lowest BCUT2D eigenvalue weighted by Gasteiger charge is -2.12. The molecule has 0 atom stereocenters. The lowest BCUT2D eigenvalue weighted by atomic mass is 10.0. The molecule has 0 saturated heterocycles. The van der Waals surface area contributed by atoms with E-state index >= 15 is 0 Å². The summed E-state index contributed by atoms with van der Waals surface area (Å²) in [7, 11) is 1.64. The van der Waals surface area contributed by atoms with Gasteiger partial charge in [0.2, 0.25) is 0 Å². The number of ether oxygens (including phenoxy) is 1. The smallest absolute Gasteiger partial charge is 0.178 e. The summed E-state index contributed by atoms with van der Waals surface area (Å²) in [5.41, 5.74) is 4.27. The highest BCUT2D eigenvalue weighted by Gasteiger charge is 2.14. The number of fused-ring (bicyclic) bond motifs is 1. The van der Waals surface area contributed by atoms with Crippen molar-refractivity contribution in [1.82, 2.24) is 15.0 Å². The van der Waals surface area contributed by atoms with Gasteiger partial charge in [-0.05, 0) is 42.8 Å². The van der Waals surface area contributed by atoms with E-state index in [1.165, 1.54) is 0 Å². The summed E-state index contributed by atoms with van der Waals surface area (Å²) >= 11 is 6.19. The van der Waals surface area contributed by atoms with Crippen molar-refractivity contribution in [2.75, 3.05) is 7.11 Å². The number of nitrogens with zero attached hydrogens (tertiary/aromatic N) is 3. The van der Waals surface area contributed by atoms with Gasteiger partial charge in [0.05, 0.1) is 18.3 Å². The average molecular weight is 362 g/mol. The second-order valence-electron chi connectivity index (χ2n) is 5.96. The van der Waals surface area contributed by atoms with Crippen LogP contribution < -0.4 is 4.74 Å². The molecule has 0 N–H and O–H groups in total. The molecule has 2 aromatic carbocycles. The van der Waals surface area contributed by atoms with Crippen LogP contribution in [0.4, 0.5) is 0 Å². The van der Waals surface area contributed by atoms with Gasteiger partial charge in [-0.3, -0.25) is 0 Å². The molecule has 2 heterocycles. The number of aryl methyl sites for hydroxylation is 1. The summed E-state index contributed by atoms with van der Waals surface area (Å²) in [6.07, 6.45) is 1.82. The fourth-order valence-corrected chi connectivity index (χ4v) is 3.06. The summed E-state index contributed by atoms with van der Waals surface area (Å²) in [6, 6.07) is 17.3. The van der Waals surface area contributed by atoms with Crippen LogP contribution in [0.15, 0.2) is 60.8 Å². The minimum atomic E-state index is 0.589. The second kappa shape index (κ2) is 6.73. The van der Waals surface area contributed by atoms with E-state index in [0.29, 0.717) is 16.5 Å². The number of hydrogen-bond acceptors (Lipinski definition) is 4. The van der Waals surface area contributed by atoms with E-state index in [1.54, 1.807) is 13.2 Å². The quantitative estimate of drug-likeness (QED) is 0.495. The van der Waals surface area contributed by atoms with Gasteiger partial charge in [-0.15, -0.1) is 0 Å². The number of benzene rings is 2. The Morgan fingerprint density at radius 2 is 1.81 bits per heavy atom. The Hall–Kier alpha value is -2.98. The molecule has 0 amide bonds. The Bertz CT molecular complexity index is 1110. The molecule has 0 saturated carbocycles. The van der Waals surface area contributed by atoms with Crippen molar-refractivity contribution in [3.8, 4) is 28.5 Å². The summed E-state index contributed by atoms with van der Waals surface area (Å²) < 4.78 is 5.48. The van der Waals surface area contributed by atoms with Crippen LogP contribution in [-0.2, 0) is 0 Å². The zero-order valence-corrected chi connectivity index (χ0v) is 15.2. The van der Waals surface area contributed by atoms with E-state index in [0.717, 1.165) is 33.5 Å². The Morgan fingerprint density at radius 3 is 2.65 bits per heavy atom. The van der Waals surface area contributed by atoms with Crippen LogP contribution in [0.25, 0.3) is 33.7 Å². The molecule has 0 aliphatic heterocycles. The van der Waals surface area contributed by atoms with Crippen molar-refractivity contribution in [2.45, 2.75) is 6.92 Å². The zero-order chi connectivity index (χ0) is 18.1. The highest BCUT2D eigenvalue weighted by Crippen LogP contribution is 2.34. The summed E-state index contributed by atoms with van der Waals surface area (Å²) in [6.45, 7) is 2.01. The number of pyridine rings is 1. The zero-order valence-electron chi connectivity index (χ0n) is 14.4. The maximum Gasteiger partial charge on any atom is 0.178 e. The van der Waals surface area contributed by atoms with Gasteiger partial charge in [-0.1, -0.05) is 35.9 Å². The molecule has 26 heavy (non-hydrogen) atoms. The summed E-state index contributed by atoms with van der Waals surface area (Å²) in [5, 5.41) is 1.63. The van der Waals surface area contributed by atoms with Crippen LogP contribution in [-0.4, -0.2) is 22.1 Å². The molecule has 0 radical (unpaired) electrons. The van der Waals surface area contributed by atoms with Crippen molar-refractivity contribution in [1.29, 1.82) is 0 Å². The Morgan fingerprint density at radius 1 is 0.962 bits per heavy atom. The first-order valence-corrected chi connectivity index (χ1v) is 8.57. The predicted octanol–water partition coefficient (Wildman–Crippen LogP) is 5.33. The fraction of sp³-hybridized carbons (Fsp3) is 0.0952. The first kappa shape index (κ1) is 16.5. The molecule has 0 unspecified atom stereocenters. The Labute approximate surface area is 156 Å². The van der Waals surface area contributed by atoms with Crippen molar-refractivity contribution in [3.05, 3.63) is 71.4 Å². The number of rotatable bonds is 3. The number of hydrogen-bond donors (Lipinski definition) is 0. The normalized spacial score (nSPS) is 10.9. The van der Waals surface area contributed by atoms with Gasteiger partial charge in [-0.2, -0.15) is 0 Å². The number of para-hydroxylation sites is 1. The molecular formula is C21H16ClN3O. The molecule has 0 bridgehead atoms. The van der Waals surface area contributed by atoms with Crippen LogP contribution in [0.1, 0.15) is 5.56 Å². The lowest BCUT2D eigenvalue weighted by Crippen LogP contribution is -1.97. The first-order chi connectivity index (χ1) is 12.7. The van der Waals surface area contributed by atoms with Gasteiger partial charge in [0.25, 0.3) is 0 Å². The molecule has 128 valence electrons. The highest BCUT2D eigenvalue weighted by atomic mass is 35.5. The first-order valence-electron chi connectivity index (χ1n) is 8.19. The Balaban J connectivity index is 1.87. The highest BCUT2D eigenvalue weighted by molar-refractivity contribution is 6.31. The molecule has 4 rings (SSSR count). The SMILES string of the molecule is COc1ccc(Cl)cc1-c1nc(-c2ncc3ccccc3n2)ccc1C. The topological polar surface area (TPSA) is 47.9 Å². The molecule has 0 fully saturated rings. The molecule has 0 spiro atoms. The standard InChI is InChI=1S/C21H16ClN3O/c1-13-7-9-18(21-23-12-14-5-3-4-6-17(14)25-21)24-20(13)16-11-15(22)8-10-19(16)26-2/h3-12H,1-2H3. The number of aromatic nitrogens is 3. The van der Waals surface area contributed by atoms with E-state index < -0.39 is 0 Å². The van der Waals surface area contributed by atoms with Crippen LogP contribution in [0, 0.1) is 6.92 Å².